The number of esters is 1. The van der Waals surface area contributed by atoms with E-state index >= 15 is 0 Å². The van der Waals surface area contributed by atoms with Gasteiger partial charge in [-0.1, -0.05) is 0 Å². The Kier molecular flexibility index (Phi) is 4.93. The Bertz CT molecular complexity index is 283. The summed E-state index contributed by atoms with van der Waals surface area (Å²) >= 11 is 0. The number of amides is 1. The molecule has 1 aliphatic rings. The lowest BCUT2D eigenvalue weighted by atomic mass is 9.96. The minimum Gasteiger partial charge on any atom is -0.469 e. The first-order chi connectivity index (χ1) is 7.97. The fourth-order valence-electron chi connectivity index (χ4n) is 2.22. The zero-order chi connectivity index (χ0) is 13.0. The molecule has 1 heterocycles. The molecular weight excluding hydrogens is 220 g/mol. The van der Waals surface area contributed by atoms with Crippen LogP contribution in [0.1, 0.15) is 19.8 Å². The Morgan fingerprint density at radius 2 is 1.82 bits per heavy atom. The van der Waals surface area contributed by atoms with E-state index in [9.17, 15) is 9.59 Å². The van der Waals surface area contributed by atoms with Crippen molar-refractivity contribution < 1.29 is 14.3 Å². The van der Waals surface area contributed by atoms with Crippen LogP contribution in [0, 0.1) is 5.92 Å². The fraction of sp³-hybridized carbons (Fsp3) is 0.833. The van der Waals surface area contributed by atoms with E-state index in [2.05, 4.69) is 4.90 Å². The first-order valence-corrected chi connectivity index (χ1v) is 6.00. The van der Waals surface area contributed by atoms with E-state index in [1.54, 1.807) is 19.0 Å². The van der Waals surface area contributed by atoms with Crippen molar-refractivity contribution in [1.29, 1.82) is 0 Å². The van der Waals surface area contributed by atoms with Gasteiger partial charge in [-0.25, -0.2) is 0 Å². The summed E-state index contributed by atoms with van der Waals surface area (Å²) < 4.78 is 4.74. The van der Waals surface area contributed by atoms with Crippen LogP contribution in [0.2, 0.25) is 0 Å². The number of likely N-dealkylation sites (tertiary alicyclic amines) is 1. The lowest BCUT2D eigenvalue weighted by molar-refractivity contribution is -0.147. The summed E-state index contributed by atoms with van der Waals surface area (Å²) in [4.78, 5) is 26.9. The molecule has 0 aromatic heterocycles. The summed E-state index contributed by atoms with van der Waals surface area (Å²) in [6, 6.07) is -0.108. The standard InChI is InChI=1S/C12H22N2O3/c1-9(11(15)13(2)3)14-7-5-10(6-8-14)12(16)17-4/h9-10H,5-8H2,1-4H3. The van der Waals surface area contributed by atoms with Crippen LogP contribution in [0.4, 0.5) is 0 Å². The second-order valence-corrected chi connectivity index (χ2v) is 4.74. The molecule has 0 radical (unpaired) electrons. The molecule has 1 unspecified atom stereocenters. The van der Waals surface area contributed by atoms with E-state index < -0.39 is 0 Å². The highest BCUT2D eigenvalue weighted by Gasteiger charge is 2.30. The van der Waals surface area contributed by atoms with Crippen LogP contribution in [0.25, 0.3) is 0 Å². The number of piperidine rings is 1. The van der Waals surface area contributed by atoms with E-state index in [0.29, 0.717) is 0 Å². The van der Waals surface area contributed by atoms with E-state index in [0.717, 1.165) is 25.9 Å². The SMILES string of the molecule is COC(=O)C1CCN(C(C)C(=O)N(C)C)CC1. The van der Waals surface area contributed by atoms with Crippen molar-refractivity contribution in [3.05, 3.63) is 0 Å². The number of hydrogen-bond acceptors (Lipinski definition) is 4. The number of likely N-dealkylation sites (N-methyl/N-ethyl adjacent to an activating group) is 1. The molecule has 1 rings (SSSR count). The molecule has 0 aliphatic carbocycles. The Hall–Kier alpha value is -1.10. The van der Waals surface area contributed by atoms with E-state index in [1.165, 1.54) is 7.11 Å². The molecule has 98 valence electrons. The van der Waals surface area contributed by atoms with Crippen LogP contribution < -0.4 is 0 Å². The summed E-state index contributed by atoms with van der Waals surface area (Å²) in [5.41, 5.74) is 0. The maximum absolute atomic E-state index is 11.8. The van der Waals surface area contributed by atoms with Crippen LogP contribution in [0.5, 0.6) is 0 Å². The van der Waals surface area contributed by atoms with Crippen LogP contribution in [-0.4, -0.2) is 62.0 Å². The van der Waals surface area contributed by atoms with Gasteiger partial charge in [0.15, 0.2) is 0 Å². The van der Waals surface area contributed by atoms with Gasteiger partial charge in [0.25, 0.3) is 0 Å². The minimum absolute atomic E-state index is 0.00194. The van der Waals surface area contributed by atoms with Gasteiger partial charge in [0, 0.05) is 14.1 Å². The molecule has 0 saturated carbocycles. The van der Waals surface area contributed by atoms with Gasteiger partial charge in [-0.2, -0.15) is 0 Å². The molecule has 0 aromatic carbocycles. The van der Waals surface area contributed by atoms with Gasteiger partial charge in [-0.05, 0) is 32.9 Å². The van der Waals surface area contributed by atoms with Gasteiger partial charge in [0.05, 0.1) is 19.1 Å². The Labute approximate surface area is 103 Å². The molecule has 0 spiro atoms. The van der Waals surface area contributed by atoms with Gasteiger partial charge < -0.3 is 9.64 Å². The second kappa shape index (κ2) is 6.00. The predicted molar refractivity (Wildman–Crippen MR) is 64.5 cm³/mol. The highest BCUT2D eigenvalue weighted by atomic mass is 16.5. The smallest absolute Gasteiger partial charge is 0.308 e. The number of rotatable bonds is 3. The van der Waals surface area contributed by atoms with Crippen molar-refractivity contribution in [2.45, 2.75) is 25.8 Å². The highest BCUT2D eigenvalue weighted by molar-refractivity contribution is 5.81. The quantitative estimate of drug-likeness (QED) is 0.670. The monoisotopic (exact) mass is 242 g/mol. The largest absolute Gasteiger partial charge is 0.469 e. The molecular formula is C12H22N2O3. The summed E-state index contributed by atoms with van der Waals surface area (Å²) in [7, 11) is 4.95. The third kappa shape index (κ3) is 3.43. The summed E-state index contributed by atoms with van der Waals surface area (Å²) in [6.07, 6.45) is 1.55. The van der Waals surface area contributed by atoms with Gasteiger partial charge in [0.2, 0.25) is 5.91 Å². The van der Waals surface area contributed by atoms with Crippen molar-refractivity contribution in [2.75, 3.05) is 34.3 Å². The average Bonchev–Trinajstić information content (AvgIpc) is 2.36. The van der Waals surface area contributed by atoms with Crippen molar-refractivity contribution >= 4 is 11.9 Å². The molecule has 1 fully saturated rings. The van der Waals surface area contributed by atoms with Gasteiger partial charge in [0.1, 0.15) is 0 Å². The Morgan fingerprint density at radius 3 is 2.24 bits per heavy atom. The van der Waals surface area contributed by atoms with Crippen molar-refractivity contribution in [2.24, 2.45) is 5.92 Å². The number of methoxy groups -OCH3 is 1. The molecule has 0 aromatic rings. The Morgan fingerprint density at radius 1 is 1.29 bits per heavy atom. The van der Waals surface area contributed by atoms with Gasteiger partial charge in [-0.15, -0.1) is 0 Å². The van der Waals surface area contributed by atoms with Crippen molar-refractivity contribution in [1.82, 2.24) is 9.80 Å². The van der Waals surface area contributed by atoms with Gasteiger partial charge in [-0.3, -0.25) is 14.5 Å². The maximum atomic E-state index is 11.8. The number of hydrogen-bond donors (Lipinski definition) is 0. The third-order valence-corrected chi connectivity index (χ3v) is 3.41. The number of ether oxygens (including phenoxy) is 1. The first-order valence-electron chi connectivity index (χ1n) is 6.00. The van der Waals surface area contributed by atoms with Gasteiger partial charge >= 0.3 is 5.97 Å². The predicted octanol–water partition coefficient (Wildman–Crippen LogP) is 0.348. The lowest BCUT2D eigenvalue weighted by Gasteiger charge is -2.35. The summed E-state index contributed by atoms with van der Waals surface area (Å²) in [6.45, 7) is 3.47. The topological polar surface area (TPSA) is 49.9 Å². The zero-order valence-corrected chi connectivity index (χ0v) is 11.1. The lowest BCUT2D eigenvalue weighted by Crippen LogP contribution is -2.48. The van der Waals surface area contributed by atoms with E-state index in [1.807, 2.05) is 6.92 Å². The average molecular weight is 242 g/mol. The van der Waals surface area contributed by atoms with E-state index in [-0.39, 0.29) is 23.8 Å². The molecule has 1 aliphatic heterocycles. The van der Waals surface area contributed by atoms with Crippen LogP contribution >= 0.6 is 0 Å². The minimum atomic E-state index is -0.128. The zero-order valence-electron chi connectivity index (χ0n) is 11.1. The first kappa shape index (κ1) is 14.0. The fourth-order valence-corrected chi connectivity index (χ4v) is 2.22. The molecule has 5 heteroatoms. The second-order valence-electron chi connectivity index (χ2n) is 4.74. The van der Waals surface area contributed by atoms with Crippen LogP contribution in [0.3, 0.4) is 0 Å². The van der Waals surface area contributed by atoms with Crippen molar-refractivity contribution in [3.8, 4) is 0 Å². The molecule has 0 N–H and O–H groups in total. The molecule has 5 nitrogen and oxygen atoms in total. The molecule has 17 heavy (non-hydrogen) atoms. The van der Waals surface area contributed by atoms with Crippen LogP contribution in [-0.2, 0) is 14.3 Å². The van der Waals surface area contributed by atoms with Crippen LogP contribution in [0.15, 0.2) is 0 Å². The van der Waals surface area contributed by atoms with E-state index in [4.69, 9.17) is 4.74 Å². The number of carbonyl (C=O) groups is 2. The number of carbonyl (C=O) groups excluding carboxylic acids is 2. The third-order valence-electron chi connectivity index (χ3n) is 3.41. The number of nitrogens with zero attached hydrogens (tertiary/aromatic N) is 2. The highest BCUT2D eigenvalue weighted by Crippen LogP contribution is 2.20. The molecule has 1 saturated heterocycles. The maximum Gasteiger partial charge on any atom is 0.308 e. The summed E-state index contributed by atoms with van der Waals surface area (Å²) in [5, 5.41) is 0. The molecule has 0 bridgehead atoms. The van der Waals surface area contributed by atoms with Crippen molar-refractivity contribution in [3.63, 3.8) is 0 Å². The molecule has 1 atom stereocenters. The molecule has 1 amide bonds. The normalized spacial score (nSPS) is 19.8. The summed E-state index contributed by atoms with van der Waals surface area (Å²) in [5.74, 6) is -0.0179. The Balaban J connectivity index is 2.46.